The van der Waals surface area contributed by atoms with Crippen molar-refractivity contribution in [2.24, 2.45) is 0 Å². The Hall–Kier alpha value is -2.85. The molecule has 2 N–H and O–H groups in total. The number of rotatable bonds is 4. The maximum absolute atomic E-state index is 12.3. The van der Waals surface area contributed by atoms with Gasteiger partial charge in [0.25, 0.3) is 5.91 Å². The van der Waals surface area contributed by atoms with E-state index < -0.39 is 0 Å². The van der Waals surface area contributed by atoms with Gasteiger partial charge in [-0.1, -0.05) is 29.8 Å². The van der Waals surface area contributed by atoms with Crippen LogP contribution >= 0.6 is 11.6 Å². The number of halogens is 1. The highest BCUT2D eigenvalue weighted by molar-refractivity contribution is 6.30. The van der Waals surface area contributed by atoms with Crippen molar-refractivity contribution in [3.63, 3.8) is 0 Å². The van der Waals surface area contributed by atoms with Crippen LogP contribution in [0.2, 0.25) is 5.02 Å². The smallest absolute Gasteiger partial charge is 0.274 e. The summed E-state index contributed by atoms with van der Waals surface area (Å²) in [4.78, 5) is 16.5. The lowest BCUT2D eigenvalue weighted by molar-refractivity contribution is 0.102. The Morgan fingerprint density at radius 3 is 2.54 bits per heavy atom. The highest BCUT2D eigenvalue weighted by Crippen LogP contribution is 2.23. The molecule has 0 saturated heterocycles. The number of nitrogens with one attached hydrogen (secondary N) is 2. The van der Waals surface area contributed by atoms with Gasteiger partial charge in [0, 0.05) is 28.3 Å². The number of hydrogen-bond acceptors (Lipinski definition) is 3. The van der Waals surface area contributed by atoms with Crippen LogP contribution in [-0.4, -0.2) is 10.9 Å². The molecule has 1 aromatic heterocycles. The van der Waals surface area contributed by atoms with E-state index >= 15 is 0 Å². The van der Waals surface area contributed by atoms with Gasteiger partial charge in [-0.15, -0.1) is 0 Å². The molecule has 3 rings (SSSR count). The van der Waals surface area contributed by atoms with Gasteiger partial charge in [0.05, 0.1) is 0 Å². The SMILES string of the molecule is Cc1cc(Cl)ccc1Nc1ccnc(C(=O)Nc2ccccc2)c1. The van der Waals surface area contributed by atoms with Crippen molar-refractivity contribution in [3.8, 4) is 0 Å². The first kappa shape index (κ1) is 16.0. The first-order valence-corrected chi connectivity index (χ1v) is 7.85. The zero-order valence-electron chi connectivity index (χ0n) is 13.1. The van der Waals surface area contributed by atoms with Gasteiger partial charge in [0.2, 0.25) is 0 Å². The molecule has 0 atom stereocenters. The summed E-state index contributed by atoms with van der Waals surface area (Å²) in [6, 6.07) is 18.4. The summed E-state index contributed by atoms with van der Waals surface area (Å²) in [7, 11) is 0. The summed E-state index contributed by atoms with van der Waals surface area (Å²) in [5, 5.41) is 6.79. The van der Waals surface area contributed by atoms with Crippen LogP contribution < -0.4 is 10.6 Å². The van der Waals surface area contributed by atoms with Gasteiger partial charge in [-0.05, 0) is 55.0 Å². The Labute approximate surface area is 145 Å². The van der Waals surface area contributed by atoms with Gasteiger partial charge >= 0.3 is 0 Å². The Kier molecular flexibility index (Phi) is 4.77. The quantitative estimate of drug-likeness (QED) is 0.701. The third kappa shape index (κ3) is 3.91. The highest BCUT2D eigenvalue weighted by atomic mass is 35.5. The molecular formula is C19H16ClN3O. The van der Waals surface area contributed by atoms with Crippen LogP contribution in [0.1, 0.15) is 16.1 Å². The molecule has 2 aromatic carbocycles. The number of aryl methyl sites for hydroxylation is 1. The van der Waals surface area contributed by atoms with E-state index in [4.69, 9.17) is 11.6 Å². The van der Waals surface area contributed by atoms with Crippen LogP contribution in [0.15, 0.2) is 66.9 Å². The molecule has 0 radical (unpaired) electrons. The topological polar surface area (TPSA) is 54.0 Å². The number of anilines is 3. The van der Waals surface area contributed by atoms with Crippen molar-refractivity contribution in [3.05, 3.63) is 83.1 Å². The summed E-state index contributed by atoms with van der Waals surface area (Å²) < 4.78 is 0. The predicted molar refractivity (Wildman–Crippen MR) is 98.1 cm³/mol. The highest BCUT2D eigenvalue weighted by Gasteiger charge is 2.09. The second kappa shape index (κ2) is 7.15. The van der Waals surface area contributed by atoms with Crippen LogP contribution in [-0.2, 0) is 0 Å². The zero-order valence-corrected chi connectivity index (χ0v) is 13.8. The van der Waals surface area contributed by atoms with E-state index in [1.165, 1.54) is 0 Å². The first-order chi connectivity index (χ1) is 11.6. The Balaban J connectivity index is 1.77. The van der Waals surface area contributed by atoms with Gasteiger partial charge in [0.15, 0.2) is 0 Å². The largest absolute Gasteiger partial charge is 0.355 e. The lowest BCUT2D eigenvalue weighted by atomic mass is 10.2. The molecule has 4 nitrogen and oxygen atoms in total. The molecule has 1 amide bonds. The molecule has 0 fully saturated rings. The van der Waals surface area contributed by atoms with E-state index in [0.29, 0.717) is 10.7 Å². The number of pyridine rings is 1. The van der Waals surface area contributed by atoms with Crippen molar-refractivity contribution in [2.45, 2.75) is 6.92 Å². The normalized spacial score (nSPS) is 10.2. The minimum atomic E-state index is -0.252. The zero-order chi connectivity index (χ0) is 16.9. The predicted octanol–water partition coefficient (Wildman–Crippen LogP) is 5.04. The lowest BCUT2D eigenvalue weighted by Crippen LogP contribution is -2.13. The van der Waals surface area contributed by atoms with Crippen molar-refractivity contribution in [1.82, 2.24) is 4.98 Å². The van der Waals surface area contributed by atoms with Gasteiger partial charge in [0.1, 0.15) is 5.69 Å². The average molecular weight is 338 g/mol. The maximum Gasteiger partial charge on any atom is 0.274 e. The van der Waals surface area contributed by atoms with Crippen molar-refractivity contribution >= 4 is 34.6 Å². The number of carbonyl (C=O) groups excluding carboxylic acids is 1. The second-order valence-corrected chi connectivity index (χ2v) is 5.77. The summed E-state index contributed by atoms with van der Waals surface area (Å²) in [6.45, 7) is 1.97. The van der Waals surface area contributed by atoms with E-state index in [1.54, 1.807) is 12.3 Å². The van der Waals surface area contributed by atoms with Crippen LogP contribution in [0, 0.1) is 6.92 Å². The average Bonchev–Trinajstić information content (AvgIpc) is 2.59. The number of carbonyl (C=O) groups is 1. The van der Waals surface area contributed by atoms with Gasteiger partial charge in [-0.3, -0.25) is 9.78 Å². The monoisotopic (exact) mass is 337 g/mol. The minimum Gasteiger partial charge on any atom is -0.355 e. The number of benzene rings is 2. The van der Waals surface area contributed by atoms with E-state index in [9.17, 15) is 4.79 Å². The Morgan fingerprint density at radius 1 is 1.00 bits per heavy atom. The van der Waals surface area contributed by atoms with E-state index in [2.05, 4.69) is 15.6 Å². The fraction of sp³-hybridized carbons (Fsp3) is 0.0526. The van der Waals surface area contributed by atoms with Crippen LogP contribution in [0.3, 0.4) is 0 Å². The van der Waals surface area contributed by atoms with Crippen LogP contribution in [0.5, 0.6) is 0 Å². The molecule has 0 aliphatic carbocycles. The summed E-state index contributed by atoms with van der Waals surface area (Å²) in [6.07, 6.45) is 1.60. The molecule has 0 spiro atoms. The maximum atomic E-state index is 12.3. The summed E-state index contributed by atoms with van der Waals surface area (Å²) >= 11 is 5.97. The van der Waals surface area contributed by atoms with E-state index in [0.717, 1.165) is 22.6 Å². The molecule has 0 saturated carbocycles. The van der Waals surface area contributed by atoms with Crippen molar-refractivity contribution < 1.29 is 4.79 Å². The van der Waals surface area contributed by atoms with Crippen LogP contribution in [0.4, 0.5) is 17.1 Å². The number of amides is 1. The minimum absolute atomic E-state index is 0.252. The Morgan fingerprint density at radius 2 is 1.79 bits per heavy atom. The van der Waals surface area contributed by atoms with Gasteiger partial charge in [-0.25, -0.2) is 0 Å². The fourth-order valence-corrected chi connectivity index (χ4v) is 2.50. The molecule has 5 heteroatoms. The molecule has 120 valence electrons. The molecule has 0 aliphatic heterocycles. The number of aromatic nitrogens is 1. The number of nitrogens with zero attached hydrogens (tertiary/aromatic N) is 1. The summed E-state index contributed by atoms with van der Waals surface area (Å²) in [5.74, 6) is -0.252. The standard InChI is InChI=1S/C19H16ClN3O/c1-13-11-14(20)7-8-17(13)22-16-9-10-21-18(12-16)19(24)23-15-5-3-2-4-6-15/h2-12H,1H3,(H,21,22)(H,23,24). The van der Waals surface area contributed by atoms with Gasteiger partial charge < -0.3 is 10.6 Å². The second-order valence-electron chi connectivity index (χ2n) is 5.33. The van der Waals surface area contributed by atoms with Crippen LogP contribution in [0.25, 0.3) is 0 Å². The van der Waals surface area contributed by atoms with E-state index in [1.807, 2.05) is 61.5 Å². The van der Waals surface area contributed by atoms with E-state index in [-0.39, 0.29) is 5.91 Å². The van der Waals surface area contributed by atoms with Gasteiger partial charge in [-0.2, -0.15) is 0 Å². The third-order valence-electron chi connectivity index (χ3n) is 3.49. The molecule has 0 bridgehead atoms. The summed E-state index contributed by atoms with van der Waals surface area (Å²) in [5.41, 5.74) is 3.81. The molecule has 3 aromatic rings. The fourth-order valence-electron chi connectivity index (χ4n) is 2.27. The molecule has 24 heavy (non-hydrogen) atoms. The molecule has 0 unspecified atom stereocenters. The molecule has 1 heterocycles. The van der Waals surface area contributed by atoms with Crippen molar-refractivity contribution in [1.29, 1.82) is 0 Å². The van der Waals surface area contributed by atoms with Crippen molar-refractivity contribution in [2.75, 3.05) is 10.6 Å². The number of para-hydroxylation sites is 1. The molecular weight excluding hydrogens is 322 g/mol. The third-order valence-corrected chi connectivity index (χ3v) is 3.73. The lowest BCUT2D eigenvalue weighted by Gasteiger charge is -2.11. The number of hydrogen-bond donors (Lipinski definition) is 2. The molecule has 0 aliphatic rings. The first-order valence-electron chi connectivity index (χ1n) is 7.47. The Bertz CT molecular complexity index is 865.